The number of carbonyl (C=O) groups excluding carboxylic acids is 1. The summed E-state index contributed by atoms with van der Waals surface area (Å²) < 4.78 is 76.1. The lowest BCUT2D eigenvalue weighted by molar-refractivity contribution is -0.352. The van der Waals surface area contributed by atoms with Crippen LogP contribution in [0.1, 0.15) is 0 Å². The fourth-order valence-electron chi connectivity index (χ4n) is 0.363. The van der Waals surface area contributed by atoms with E-state index in [2.05, 4.69) is 20.9 Å². The average molecular weight is 246 g/mol. The van der Waals surface area contributed by atoms with Crippen molar-refractivity contribution in [3.05, 3.63) is 0 Å². The van der Waals surface area contributed by atoms with Gasteiger partial charge < -0.3 is 9.03 Å². The molecule has 0 N–H and O–H groups in total. The number of carbonyl (C=O) groups is 1. The molecule has 3 nitrogen and oxygen atoms in total. The van der Waals surface area contributed by atoms with E-state index < -0.39 is 24.6 Å². The minimum Gasteiger partial charge on any atom is -0.381 e. The van der Waals surface area contributed by atoms with E-state index in [1.165, 1.54) is 0 Å². The van der Waals surface area contributed by atoms with E-state index in [0.717, 1.165) is 0 Å². The molecule has 0 amide bonds. The summed E-state index contributed by atoms with van der Waals surface area (Å²) in [5.74, 6) is -5.43. The SMILES string of the molecule is O=C(OCl)OC(F)(C(F)F)C(F)(F)F. The van der Waals surface area contributed by atoms with Crippen LogP contribution >= 0.6 is 11.9 Å². The third kappa shape index (κ3) is 2.56. The number of hydrogen-bond acceptors (Lipinski definition) is 3. The smallest absolute Gasteiger partial charge is 0.381 e. The molecular weight excluding hydrogens is 245 g/mol. The lowest BCUT2D eigenvalue weighted by Crippen LogP contribution is -2.50. The number of halogens is 7. The zero-order chi connectivity index (χ0) is 11.6. The molecule has 0 radical (unpaired) electrons. The third-order valence-corrected chi connectivity index (χ3v) is 1.09. The third-order valence-electron chi connectivity index (χ3n) is 0.962. The van der Waals surface area contributed by atoms with Gasteiger partial charge in [0.15, 0.2) is 0 Å². The Morgan fingerprint density at radius 2 is 1.64 bits per heavy atom. The average Bonchev–Trinajstić information content (AvgIpc) is 2.01. The zero-order valence-electron chi connectivity index (χ0n) is 5.95. The first kappa shape index (κ1) is 13.1. The van der Waals surface area contributed by atoms with Crippen LogP contribution in [0.3, 0.4) is 0 Å². The molecule has 14 heavy (non-hydrogen) atoms. The molecule has 0 aliphatic carbocycles. The lowest BCUT2D eigenvalue weighted by Gasteiger charge is -2.24. The van der Waals surface area contributed by atoms with Crippen molar-refractivity contribution in [2.45, 2.75) is 18.5 Å². The van der Waals surface area contributed by atoms with Crippen molar-refractivity contribution in [1.82, 2.24) is 0 Å². The van der Waals surface area contributed by atoms with Crippen molar-refractivity contribution >= 4 is 18.0 Å². The highest BCUT2D eigenvalue weighted by Gasteiger charge is 2.67. The second-order valence-corrected chi connectivity index (χ2v) is 2.03. The zero-order valence-corrected chi connectivity index (χ0v) is 6.70. The first-order valence-electron chi connectivity index (χ1n) is 2.70. The van der Waals surface area contributed by atoms with Crippen LogP contribution < -0.4 is 0 Å². The molecule has 0 aliphatic heterocycles. The Labute approximate surface area is 77.7 Å². The fourth-order valence-corrected chi connectivity index (χ4v) is 0.395. The molecule has 0 aromatic carbocycles. The van der Waals surface area contributed by atoms with E-state index in [9.17, 15) is 31.1 Å². The van der Waals surface area contributed by atoms with Crippen LogP contribution in [-0.2, 0) is 9.03 Å². The quantitative estimate of drug-likeness (QED) is 0.555. The van der Waals surface area contributed by atoms with Crippen LogP contribution in [0, 0.1) is 0 Å². The molecule has 0 bridgehead atoms. The molecule has 1 atom stereocenters. The Balaban J connectivity index is 4.84. The Kier molecular flexibility index (Phi) is 3.86. The van der Waals surface area contributed by atoms with E-state index in [1.807, 2.05) is 0 Å². The largest absolute Gasteiger partial charge is 0.530 e. The number of alkyl halides is 6. The van der Waals surface area contributed by atoms with Crippen molar-refractivity contribution in [1.29, 1.82) is 0 Å². The predicted molar refractivity (Wildman–Crippen MR) is 29.3 cm³/mol. The van der Waals surface area contributed by atoms with Crippen LogP contribution in [0.15, 0.2) is 0 Å². The molecule has 0 rings (SSSR count). The molecule has 0 saturated carbocycles. The lowest BCUT2D eigenvalue weighted by atomic mass is 10.3. The monoisotopic (exact) mass is 246 g/mol. The van der Waals surface area contributed by atoms with Crippen molar-refractivity contribution in [3.63, 3.8) is 0 Å². The van der Waals surface area contributed by atoms with Gasteiger partial charge in [0.25, 0.3) is 0 Å². The molecule has 0 aliphatic rings. The van der Waals surface area contributed by atoms with Crippen molar-refractivity contribution < 1.29 is 40.2 Å². The van der Waals surface area contributed by atoms with Crippen molar-refractivity contribution in [2.75, 3.05) is 0 Å². The van der Waals surface area contributed by atoms with Crippen LogP contribution in [0.5, 0.6) is 0 Å². The number of ether oxygens (including phenoxy) is 1. The molecular formula is C4HClF6O3. The highest BCUT2D eigenvalue weighted by Crippen LogP contribution is 2.40. The van der Waals surface area contributed by atoms with Gasteiger partial charge >= 0.3 is 24.6 Å². The van der Waals surface area contributed by atoms with Gasteiger partial charge in [0, 0.05) is 0 Å². The summed E-state index contributed by atoms with van der Waals surface area (Å²) in [5, 5.41) is 0. The van der Waals surface area contributed by atoms with Gasteiger partial charge in [-0.05, 0) is 0 Å². The van der Waals surface area contributed by atoms with Gasteiger partial charge in [-0.2, -0.15) is 17.6 Å². The van der Waals surface area contributed by atoms with Crippen molar-refractivity contribution in [2.24, 2.45) is 0 Å². The molecule has 0 aromatic rings. The first-order chi connectivity index (χ1) is 6.15. The summed E-state index contributed by atoms with van der Waals surface area (Å²) >= 11 is 4.16. The van der Waals surface area contributed by atoms with Gasteiger partial charge in [-0.3, -0.25) is 0 Å². The highest BCUT2D eigenvalue weighted by molar-refractivity contribution is 6.12. The van der Waals surface area contributed by atoms with Gasteiger partial charge in [-0.25, -0.2) is 13.6 Å². The summed E-state index contributed by atoms with van der Waals surface area (Å²) in [7, 11) is 0. The van der Waals surface area contributed by atoms with Crippen molar-refractivity contribution in [3.8, 4) is 0 Å². The minimum atomic E-state index is -6.09. The van der Waals surface area contributed by atoms with Crippen LogP contribution in [-0.4, -0.2) is 24.6 Å². The molecule has 0 saturated heterocycles. The Morgan fingerprint density at radius 3 is 1.86 bits per heavy atom. The van der Waals surface area contributed by atoms with Gasteiger partial charge in [0.1, 0.15) is 11.9 Å². The standard InChI is InChI=1S/C4HClF6O3/c5-14-2(12)13-3(8,1(6)7)4(9,10)11/h1H. The highest BCUT2D eigenvalue weighted by atomic mass is 35.5. The van der Waals surface area contributed by atoms with E-state index in [4.69, 9.17) is 0 Å². The molecule has 84 valence electrons. The second kappa shape index (κ2) is 4.11. The summed E-state index contributed by atoms with van der Waals surface area (Å²) in [6, 6.07) is 0. The second-order valence-electron chi connectivity index (χ2n) is 1.87. The van der Waals surface area contributed by atoms with Crippen LogP contribution in [0.25, 0.3) is 0 Å². The Bertz CT molecular complexity index is 218. The molecule has 0 aromatic heterocycles. The predicted octanol–water partition coefficient (Wildman–Crippen LogP) is 2.79. The maximum Gasteiger partial charge on any atom is 0.530 e. The van der Waals surface area contributed by atoms with Gasteiger partial charge in [0.05, 0.1) is 0 Å². The molecule has 10 heteroatoms. The fraction of sp³-hybridized carbons (Fsp3) is 0.750. The summed E-state index contributed by atoms with van der Waals surface area (Å²) in [6.07, 6.45) is -13.1. The van der Waals surface area contributed by atoms with Gasteiger partial charge in [0.2, 0.25) is 0 Å². The minimum absolute atomic E-state index is 2.42. The van der Waals surface area contributed by atoms with Gasteiger partial charge in [-0.1, -0.05) is 0 Å². The number of hydrogen-bond donors (Lipinski definition) is 0. The van der Waals surface area contributed by atoms with Crippen LogP contribution in [0.2, 0.25) is 0 Å². The Hall–Kier alpha value is -0.860. The molecule has 0 heterocycles. The maximum atomic E-state index is 12.4. The van der Waals surface area contributed by atoms with E-state index >= 15 is 0 Å². The van der Waals surface area contributed by atoms with E-state index in [-0.39, 0.29) is 0 Å². The number of rotatable bonds is 2. The molecule has 0 fully saturated rings. The van der Waals surface area contributed by atoms with Gasteiger partial charge in [-0.15, -0.1) is 0 Å². The van der Waals surface area contributed by atoms with E-state index in [1.54, 1.807) is 0 Å². The Morgan fingerprint density at radius 1 is 1.21 bits per heavy atom. The maximum absolute atomic E-state index is 12.4. The molecule has 1 unspecified atom stereocenters. The first-order valence-corrected chi connectivity index (χ1v) is 3.01. The normalized spacial score (nSPS) is 16.3. The van der Waals surface area contributed by atoms with E-state index in [0.29, 0.717) is 0 Å². The summed E-state index contributed by atoms with van der Waals surface area (Å²) in [4.78, 5) is 9.93. The summed E-state index contributed by atoms with van der Waals surface area (Å²) in [5.41, 5.74) is 0. The topological polar surface area (TPSA) is 35.5 Å². The van der Waals surface area contributed by atoms with Crippen LogP contribution in [0.4, 0.5) is 31.1 Å². The summed E-state index contributed by atoms with van der Waals surface area (Å²) in [6.45, 7) is 0. The molecule has 0 spiro atoms.